The van der Waals surface area contributed by atoms with Gasteiger partial charge in [0, 0.05) is 31.0 Å². The summed E-state index contributed by atoms with van der Waals surface area (Å²) in [4.78, 5) is 28.8. The molecule has 6 nitrogen and oxygen atoms in total. The van der Waals surface area contributed by atoms with E-state index in [1.165, 1.54) is 0 Å². The fourth-order valence-corrected chi connectivity index (χ4v) is 2.70. The van der Waals surface area contributed by atoms with Crippen molar-refractivity contribution in [3.63, 3.8) is 0 Å². The molecule has 2 aromatic rings. The first-order valence-electron chi connectivity index (χ1n) is 9.00. The topological polar surface area (TPSA) is 76.0 Å². The third kappa shape index (κ3) is 6.02. The summed E-state index contributed by atoms with van der Waals surface area (Å²) in [6.07, 6.45) is 5.80. The van der Waals surface area contributed by atoms with Crippen molar-refractivity contribution in [3.05, 3.63) is 48.5 Å². The van der Waals surface area contributed by atoms with Crippen LogP contribution >= 0.6 is 0 Å². The first-order valence-corrected chi connectivity index (χ1v) is 9.00. The number of nitrogens with zero attached hydrogens (tertiary/aromatic N) is 2. The number of hydrogen-bond donors (Lipinski definition) is 2. The van der Waals surface area contributed by atoms with Gasteiger partial charge in [-0.3, -0.25) is 9.59 Å². The molecule has 0 aliphatic carbocycles. The highest BCUT2D eigenvalue weighted by Gasteiger charge is 2.24. The van der Waals surface area contributed by atoms with Gasteiger partial charge in [0.15, 0.2) is 0 Å². The molecule has 6 heteroatoms. The van der Waals surface area contributed by atoms with Gasteiger partial charge >= 0.3 is 0 Å². The van der Waals surface area contributed by atoms with Crippen LogP contribution in [0.4, 0.5) is 5.69 Å². The molecule has 0 bridgehead atoms. The molecule has 1 aromatic carbocycles. The lowest BCUT2D eigenvalue weighted by Crippen LogP contribution is -2.47. The molecule has 1 atom stereocenters. The quantitative estimate of drug-likeness (QED) is 0.763. The number of benzene rings is 1. The normalized spacial score (nSPS) is 12.2. The van der Waals surface area contributed by atoms with Crippen LogP contribution in [0.25, 0.3) is 0 Å². The molecule has 0 saturated carbocycles. The Morgan fingerprint density at radius 3 is 2.58 bits per heavy atom. The molecule has 0 spiro atoms. The lowest BCUT2D eigenvalue weighted by Gasteiger charge is -2.22. The molecule has 26 heavy (non-hydrogen) atoms. The van der Waals surface area contributed by atoms with Gasteiger partial charge in [0.1, 0.15) is 6.04 Å². The van der Waals surface area contributed by atoms with Crippen molar-refractivity contribution < 1.29 is 9.59 Å². The minimum absolute atomic E-state index is 0.000226. The molecule has 0 unspecified atom stereocenters. The van der Waals surface area contributed by atoms with Crippen molar-refractivity contribution in [1.82, 2.24) is 14.9 Å². The fraction of sp³-hybridized carbons (Fsp3) is 0.450. The van der Waals surface area contributed by atoms with Crippen molar-refractivity contribution >= 4 is 17.5 Å². The molecular formula is C20H28N4O2. The third-order valence-electron chi connectivity index (χ3n) is 3.98. The Morgan fingerprint density at radius 2 is 1.96 bits per heavy atom. The summed E-state index contributed by atoms with van der Waals surface area (Å²) in [6, 6.07) is 7.14. The van der Waals surface area contributed by atoms with E-state index in [0.717, 1.165) is 11.3 Å². The average molecular weight is 356 g/mol. The van der Waals surface area contributed by atoms with Gasteiger partial charge in [-0.2, -0.15) is 0 Å². The summed E-state index contributed by atoms with van der Waals surface area (Å²) >= 11 is 0. The highest BCUT2D eigenvalue weighted by Crippen LogP contribution is 2.14. The Kier molecular flexibility index (Phi) is 6.95. The van der Waals surface area contributed by atoms with E-state index in [4.69, 9.17) is 0 Å². The van der Waals surface area contributed by atoms with Gasteiger partial charge in [0.25, 0.3) is 0 Å². The summed E-state index contributed by atoms with van der Waals surface area (Å²) in [5.41, 5.74) is 1.78. The Hall–Kier alpha value is -2.63. The van der Waals surface area contributed by atoms with E-state index in [-0.39, 0.29) is 23.7 Å². The lowest BCUT2D eigenvalue weighted by molar-refractivity contribution is -0.127. The molecular weight excluding hydrogens is 328 g/mol. The minimum atomic E-state index is -0.557. The molecule has 2 amide bonds. The van der Waals surface area contributed by atoms with Crippen molar-refractivity contribution in [3.8, 4) is 0 Å². The molecule has 0 saturated heterocycles. The molecule has 1 heterocycles. The maximum absolute atomic E-state index is 12.7. The molecule has 2 rings (SSSR count). The Bertz CT molecular complexity index is 723. The van der Waals surface area contributed by atoms with Crippen LogP contribution in [-0.4, -0.2) is 27.4 Å². The number of carbonyl (C=O) groups excluding carboxylic acids is 2. The number of rotatable bonds is 8. The number of hydrogen-bond acceptors (Lipinski definition) is 3. The number of nitrogens with one attached hydrogen (secondary N) is 2. The first-order chi connectivity index (χ1) is 12.3. The van der Waals surface area contributed by atoms with E-state index in [2.05, 4.69) is 15.6 Å². The van der Waals surface area contributed by atoms with E-state index in [1.54, 1.807) is 12.5 Å². The van der Waals surface area contributed by atoms with Gasteiger partial charge in [-0.25, -0.2) is 4.98 Å². The van der Waals surface area contributed by atoms with E-state index in [9.17, 15) is 9.59 Å². The van der Waals surface area contributed by atoms with Crippen molar-refractivity contribution in [2.45, 2.75) is 46.7 Å². The van der Waals surface area contributed by atoms with Crippen LogP contribution in [0.15, 0.2) is 43.0 Å². The van der Waals surface area contributed by atoms with Gasteiger partial charge in [-0.15, -0.1) is 0 Å². The summed E-state index contributed by atoms with van der Waals surface area (Å²) < 4.78 is 1.96. The zero-order valence-corrected chi connectivity index (χ0v) is 15.9. The molecule has 2 N–H and O–H groups in total. The molecule has 0 aliphatic rings. The Morgan fingerprint density at radius 1 is 1.19 bits per heavy atom. The number of anilines is 1. The highest BCUT2D eigenvalue weighted by molar-refractivity contribution is 5.97. The summed E-state index contributed by atoms with van der Waals surface area (Å²) in [7, 11) is 0. The SMILES string of the molecule is CC(C)CC(=O)N[C@@H](C(=O)Nc1cccc(Cn2ccnc2)c1)C(C)C. The fourth-order valence-electron chi connectivity index (χ4n) is 2.70. The molecule has 0 aliphatic heterocycles. The maximum atomic E-state index is 12.7. The molecule has 140 valence electrons. The lowest BCUT2D eigenvalue weighted by atomic mass is 10.0. The standard InChI is InChI=1S/C20H28N4O2/c1-14(2)10-18(25)23-19(15(3)4)20(26)22-17-7-5-6-16(11-17)12-24-9-8-21-13-24/h5-9,11,13-15,19H,10,12H2,1-4H3,(H,22,26)(H,23,25)/t19-/m1/s1. The summed E-state index contributed by atoms with van der Waals surface area (Å²) in [5.74, 6) is -0.0365. The van der Waals surface area contributed by atoms with Crippen LogP contribution in [0.3, 0.4) is 0 Å². The number of imidazole rings is 1. The van der Waals surface area contributed by atoms with E-state index >= 15 is 0 Å². The van der Waals surface area contributed by atoms with E-state index in [1.807, 2.05) is 62.7 Å². The van der Waals surface area contributed by atoms with Crippen LogP contribution in [-0.2, 0) is 16.1 Å². The highest BCUT2D eigenvalue weighted by atomic mass is 16.2. The van der Waals surface area contributed by atoms with Gasteiger partial charge in [0.05, 0.1) is 6.33 Å². The van der Waals surface area contributed by atoms with Crippen molar-refractivity contribution in [2.24, 2.45) is 11.8 Å². The first kappa shape index (κ1) is 19.7. The van der Waals surface area contributed by atoms with Gasteiger partial charge in [0.2, 0.25) is 11.8 Å². The smallest absolute Gasteiger partial charge is 0.247 e. The molecule has 1 aromatic heterocycles. The van der Waals surface area contributed by atoms with Crippen LogP contribution in [0.1, 0.15) is 39.7 Å². The Balaban J connectivity index is 2.02. The van der Waals surface area contributed by atoms with Gasteiger partial charge < -0.3 is 15.2 Å². The zero-order valence-electron chi connectivity index (χ0n) is 15.9. The number of aromatic nitrogens is 2. The monoisotopic (exact) mass is 356 g/mol. The largest absolute Gasteiger partial charge is 0.344 e. The van der Waals surface area contributed by atoms with Crippen LogP contribution in [0.5, 0.6) is 0 Å². The third-order valence-corrected chi connectivity index (χ3v) is 3.98. The second kappa shape index (κ2) is 9.17. The van der Waals surface area contributed by atoms with Crippen molar-refractivity contribution in [2.75, 3.05) is 5.32 Å². The van der Waals surface area contributed by atoms with Gasteiger partial charge in [-0.05, 0) is 29.5 Å². The van der Waals surface area contributed by atoms with Crippen LogP contribution in [0, 0.1) is 11.8 Å². The summed E-state index contributed by atoms with van der Waals surface area (Å²) in [5, 5.41) is 5.78. The Labute approximate surface area is 155 Å². The second-order valence-corrected chi connectivity index (χ2v) is 7.31. The van der Waals surface area contributed by atoms with Crippen molar-refractivity contribution in [1.29, 1.82) is 0 Å². The summed E-state index contributed by atoms with van der Waals surface area (Å²) in [6.45, 7) is 8.50. The predicted octanol–water partition coefficient (Wildman–Crippen LogP) is 3.06. The second-order valence-electron chi connectivity index (χ2n) is 7.31. The van der Waals surface area contributed by atoms with E-state index in [0.29, 0.717) is 13.0 Å². The zero-order chi connectivity index (χ0) is 19.1. The van der Waals surface area contributed by atoms with Crippen LogP contribution < -0.4 is 10.6 Å². The average Bonchev–Trinajstić information content (AvgIpc) is 3.04. The van der Waals surface area contributed by atoms with Crippen LogP contribution in [0.2, 0.25) is 0 Å². The minimum Gasteiger partial charge on any atom is -0.344 e. The van der Waals surface area contributed by atoms with E-state index < -0.39 is 6.04 Å². The maximum Gasteiger partial charge on any atom is 0.247 e. The molecule has 0 radical (unpaired) electrons. The predicted molar refractivity (Wildman–Crippen MR) is 103 cm³/mol. The number of carbonyl (C=O) groups is 2. The molecule has 0 fully saturated rings. The number of amides is 2. The van der Waals surface area contributed by atoms with Gasteiger partial charge in [-0.1, -0.05) is 39.8 Å².